The lowest BCUT2D eigenvalue weighted by molar-refractivity contribution is 0.0851. The molecule has 1 N–H and O–H groups in total. The van der Waals surface area contributed by atoms with Gasteiger partial charge in [0, 0.05) is 43.3 Å². The molecule has 1 atom stereocenters. The van der Waals surface area contributed by atoms with Crippen LogP contribution in [0.15, 0.2) is 47.1 Å². The highest BCUT2D eigenvalue weighted by atomic mass is 35.5. The number of rotatable bonds is 5. The van der Waals surface area contributed by atoms with Crippen LogP contribution in [0.1, 0.15) is 22.2 Å². The van der Waals surface area contributed by atoms with Crippen molar-refractivity contribution in [1.82, 2.24) is 15.1 Å². The van der Waals surface area contributed by atoms with Crippen molar-refractivity contribution in [3.63, 3.8) is 0 Å². The van der Waals surface area contributed by atoms with Crippen LogP contribution in [0.3, 0.4) is 0 Å². The number of amides is 1. The van der Waals surface area contributed by atoms with Crippen LogP contribution in [0.5, 0.6) is 0 Å². The minimum Gasteiger partial charge on any atom is -0.468 e. The second-order valence-corrected chi connectivity index (χ2v) is 6.53. The van der Waals surface area contributed by atoms with Crippen LogP contribution in [0, 0.1) is 0 Å². The Kier molecular flexibility index (Phi) is 5.56. The summed E-state index contributed by atoms with van der Waals surface area (Å²) in [5.74, 6) is 0.758. The highest BCUT2D eigenvalue weighted by Crippen LogP contribution is 2.22. The van der Waals surface area contributed by atoms with Gasteiger partial charge in [0.05, 0.1) is 12.3 Å². The maximum atomic E-state index is 12.4. The van der Waals surface area contributed by atoms with Crippen molar-refractivity contribution in [2.75, 3.05) is 39.8 Å². The summed E-state index contributed by atoms with van der Waals surface area (Å²) in [6.07, 6.45) is 1.68. The largest absolute Gasteiger partial charge is 0.468 e. The lowest BCUT2D eigenvalue weighted by atomic mass is 10.1. The van der Waals surface area contributed by atoms with Crippen LogP contribution in [0.25, 0.3) is 0 Å². The maximum Gasteiger partial charge on any atom is 0.251 e. The Morgan fingerprint density at radius 2 is 2.04 bits per heavy atom. The predicted octanol–water partition coefficient (Wildman–Crippen LogP) is 2.65. The number of carbonyl (C=O) groups excluding carboxylic acids is 1. The van der Waals surface area contributed by atoms with Gasteiger partial charge >= 0.3 is 0 Å². The molecule has 0 aliphatic carbocycles. The Morgan fingerprint density at radius 3 is 2.71 bits per heavy atom. The second kappa shape index (κ2) is 7.83. The number of hydrogen-bond donors (Lipinski definition) is 1. The zero-order chi connectivity index (χ0) is 16.9. The fraction of sp³-hybridized carbons (Fsp3) is 0.389. The summed E-state index contributed by atoms with van der Waals surface area (Å²) in [6.45, 7) is 4.44. The molecule has 1 aliphatic rings. The molecule has 1 saturated heterocycles. The van der Waals surface area contributed by atoms with Crippen molar-refractivity contribution in [2.24, 2.45) is 0 Å². The van der Waals surface area contributed by atoms with Crippen LogP contribution in [-0.2, 0) is 0 Å². The van der Waals surface area contributed by atoms with Crippen molar-refractivity contribution in [2.45, 2.75) is 6.04 Å². The number of carbonyl (C=O) groups is 1. The van der Waals surface area contributed by atoms with E-state index in [-0.39, 0.29) is 11.9 Å². The van der Waals surface area contributed by atoms with Gasteiger partial charge in [-0.1, -0.05) is 17.7 Å². The van der Waals surface area contributed by atoms with E-state index in [0.29, 0.717) is 17.1 Å². The summed E-state index contributed by atoms with van der Waals surface area (Å²) in [6, 6.07) is 10.9. The number of nitrogens with one attached hydrogen (secondary N) is 1. The van der Waals surface area contributed by atoms with Crippen LogP contribution in [-0.4, -0.2) is 55.5 Å². The Balaban J connectivity index is 1.67. The molecule has 2 heterocycles. The van der Waals surface area contributed by atoms with Crippen LogP contribution in [0.4, 0.5) is 0 Å². The molecule has 0 unspecified atom stereocenters. The fourth-order valence-electron chi connectivity index (χ4n) is 2.95. The number of hydrogen-bond acceptors (Lipinski definition) is 4. The first kappa shape index (κ1) is 17.0. The van der Waals surface area contributed by atoms with Gasteiger partial charge in [0.15, 0.2) is 0 Å². The standard InChI is InChI=1S/C18H22ClN3O2/c1-21-7-9-22(10-8-21)16(17-6-3-11-24-17)13-20-18(23)14-4-2-5-15(19)12-14/h2-6,11-12,16H,7-10,13H2,1H3,(H,20,23)/t16-/m0/s1. The van der Waals surface area contributed by atoms with Gasteiger partial charge in [-0.3, -0.25) is 9.69 Å². The summed E-state index contributed by atoms with van der Waals surface area (Å²) in [5, 5.41) is 3.57. The van der Waals surface area contributed by atoms with E-state index < -0.39 is 0 Å². The van der Waals surface area contributed by atoms with Crippen molar-refractivity contribution in [3.8, 4) is 0 Å². The molecule has 5 nitrogen and oxygen atoms in total. The Hall–Kier alpha value is -1.82. The third-order valence-electron chi connectivity index (χ3n) is 4.39. The number of benzene rings is 1. The molecule has 1 fully saturated rings. The number of nitrogens with zero attached hydrogens (tertiary/aromatic N) is 2. The summed E-state index contributed by atoms with van der Waals surface area (Å²) >= 11 is 5.96. The van der Waals surface area contributed by atoms with Gasteiger partial charge in [-0.05, 0) is 37.4 Å². The van der Waals surface area contributed by atoms with Crippen LogP contribution >= 0.6 is 11.6 Å². The third-order valence-corrected chi connectivity index (χ3v) is 4.63. The smallest absolute Gasteiger partial charge is 0.251 e. The molecule has 0 saturated carbocycles. The van der Waals surface area contributed by atoms with E-state index in [1.165, 1.54) is 0 Å². The van der Waals surface area contributed by atoms with Crippen molar-refractivity contribution in [3.05, 3.63) is 59.0 Å². The molecule has 1 amide bonds. The van der Waals surface area contributed by atoms with Crippen molar-refractivity contribution in [1.29, 1.82) is 0 Å². The monoisotopic (exact) mass is 347 g/mol. The van der Waals surface area contributed by atoms with Gasteiger partial charge in [-0.2, -0.15) is 0 Å². The highest BCUT2D eigenvalue weighted by Gasteiger charge is 2.26. The van der Waals surface area contributed by atoms with E-state index >= 15 is 0 Å². The molecule has 6 heteroatoms. The molecular formula is C18H22ClN3O2. The molecule has 3 rings (SSSR count). The lowest BCUT2D eigenvalue weighted by Crippen LogP contribution is -2.48. The van der Waals surface area contributed by atoms with E-state index in [2.05, 4.69) is 22.2 Å². The molecule has 1 aromatic heterocycles. The average molecular weight is 348 g/mol. The first-order chi connectivity index (χ1) is 11.6. The molecule has 1 aromatic carbocycles. The molecule has 2 aromatic rings. The summed E-state index contributed by atoms with van der Waals surface area (Å²) in [7, 11) is 2.13. The second-order valence-electron chi connectivity index (χ2n) is 6.09. The first-order valence-electron chi connectivity index (χ1n) is 8.13. The number of furan rings is 1. The minimum absolute atomic E-state index is 0.0387. The zero-order valence-corrected chi connectivity index (χ0v) is 14.5. The van der Waals surface area contributed by atoms with Crippen molar-refractivity contribution >= 4 is 17.5 Å². The molecule has 128 valence electrons. The van der Waals surface area contributed by atoms with Crippen LogP contribution < -0.4 is 5.32 Å². The highest BCUT2D eigenvalue weighted by molar-refractivity contribution is 6.30. The van der Waals surface area contributed by atoms with Gasteiger partial charge in [0.2, 0.25) is 0 Å². The topological polar surface area (TPSA) is 48.7 Å². The Morgan fingerprint density at radius 1 is 1.25 bits per heavy atom. The quantitative estimate of drug-likeness (QED) is 0.903. The average Bonchev–Trinajstić information content (AvgIpc) is 3.11. The van der Waals surface area contributed by atoms with Gasteiger partial charge in [0.25, 0.3) is 5.91 Å². The summed E-state index contributed by atoms with van der Waals surface area (Å²) < 4.78 is 5.61. The van der Waals surface area contributed by atoms with E-state index in [0.717, 1.165) is 31.9 Å². The van der Waals surface area contributed by atoms with Gasteiger partial charge in [-0.15, -0.1) is 0 Å². The van der Waals surface area contributed by atoms with Crippen molar-refractivity contribution < 1.29 is 9.21 Å². The summed E-state index contributed by atoms with van der Waals surface area (Å²) in [5.41, 5.74) is 0.569. The molecule has 0 radical (unpaired) electrons. The molecule has 24 heavy (non-hydrogen) atoms. The SMILES string of the molecule is CN1CCN([C@@H](CNC(=O)c2cccc(Cl)c2)c2ccco2)CC1. The lowest BCUT2D eigenvalue weighted by Gasteiger charge is -2.37. The molecule has 1 aliphatic heterocycles. The van der Waals surface area contributed by atoms with E-state index in [1.54, 1.807) is 30.5 Å². The normalized spacial score (nSPS) is 17.6. The third kappa shape index (κ3) is 4.17. The summed E-state index contributed by atoms with van der Waals surface area (Å²) in [4.78, 5) is 17.0. The predicted molar refractivity (Wildman–Crippen MR) is 94.3 cm³/mol. The molecule has 0 spiro atoms. The van der Waals surface area contributed by atoms with E-state index in [4.69, 9.17) is 16.0 Å². The Labute approximate surface area is 147 Å². The Bertz CT molecular complexity index is 667. The first-order valence-corrected chi connectivity index (χ1v) is 8.51. The molecular weight excluding hydrogens is 326 g/mol. The number of piperazine rings is 1. The number of likely N-dealkylation sites (N-methyl/N-ethyl adjacent to an activating group) is 1. The van der Waals surface area contributed by atoms with E-state index in [1.807, 2.05) is 12.1 Å². The number of halogens is 1. The zero-order valence-electron chi connectivity index (χ0n) is 13.7. The maximum absolute atomic E-state index is 12.4. The van der Waals surface area contributed by atoms with Crippen LogP contribution in [0.2, 0.25) is 5.02 Å². The van der Waals surface area contributed by atoms with E-state index in [9.17, 15) is 4.79 Å². The van der Waals surface area contributed by atoms with Gasteiger partial charge in [-0.25, -0.2) is 0 Å². The minimum atomic E-state index is -0.122. The van der Waals surface area contributed by atoms with Gasteiger partial charge in [0.1, 0.15) is 5.76 Å². The molecule has 0 bridgehead atoms. The fourth-order valence-corrected chi connectivity index (χ4v) is 3.14. The van der Waals surface area contributed by atoms with Gasteiger partial charge < -0.3 is 14.6 Å².